The van der Waals surface area contributed by atoms with Gasteiger partial charge in [-0.15, -0.1) is 0 Å². The smallest absolute Gasteiger partial charge is 0.297 e. The summed E-state index contributed by atoms with van der Waals surface area (Å²) in [6, 6.07) is 0.0426. The van der Waals surface area contributed by atoms with E-state index in [-0.39, 0.29) is 22.4 Å². The largest absolute Gasteiger partial charge is 0.329 e. The van der Waals surface area contributed by atoms with E-state index >= 15 is 0 Å². The first kappa shape index (κ1) is 11.5. The Balaban J connectivity index is 2.51. The highest BCUT2D eigenvalue weighted by Gasteiger charge is 2.20. The van der Waals surface area contributed by atoms with E-state index in [1.165, 1.54) is 11.0 Å². The van der Waals surface area contributed by atoms with Crippen molar-refractivity contribution in [3.63, 3.8) is 0 Å². The molecule has 1 aromatic rings. The third-order valence-corrected chi connectivity index (χ3v) is 3.62. The van der Waals surface area contributed by atoms with Crippen molar-refractivity contribution in [2.75, 3.05) is 0 Å². The van der Waals surface area contributed by atoms with Crippen molar-refractivity contribution >= 4 is 11.6 Å². The number of halogens is 1. The predicted molar refractivity (Wildman–Crippen MR) is 63.2 cm³/mol. The molecule has 1 aromatic heterocycles. The molecule has 2 rings (SSSR count). The normalized spacial score (nSPS) is 17.6. The highest BCUT2D eigenvalue weighted by molar-refractivity contribution is 6.30. The number of aromatic nitrogens is 2. The summed E-state index contributed by atoms with van der Waals surface area (Å²) in [6.07, 6.45) is 5.17. The summed E-state index contributed by atoms with van der Waals surface area (Å²) in [5.74, 6) is 0. The van der Waals surface area contributed by atoms with E-state index in [4.69, 9.17) is 11.6 Å². The van der Waals surface area contributed by atoms with Crippen LogP contribution in [0.5, 0.6) is 0 Å². The van der Waals surface area contributed by atoms with Gasteiger partial charge in [-0.2, -0.15) is 0 Å². The Morgan fingerprint density at radius 1 is 1.25 bits per heavy atom. The Hall–Kier alpha value is -1.03. The predicted octanol–water partition coefficient (Wildman–Crippen LogP) is 2.00. The van der Waals surface area contributed by atoms with Gasteiger partial charge in [0.05, 0.1) is 0 Å². The lowest BCUT2D eigenvalue weighted by molar-refractivity contribution is 0.335. The molecule has 1 heterocycles. The van der Waals surface area contributed by atoms with E-state index in [0.29, 0.717) is 5.56 Å². The van der Waals surface area contributed by atoms with Gasteiger partial charge in [0.1, 0.15) is 5.15 Å². The van der Waals surface area contributed by atoms with Crippen molar-refractivity contribution in [2.24, 2.45) is 0 Å². The summed E-state index contributed by atoms with van der Waals surface area (Å²) in [5.41, 5.74) is -0.208. The number of hydrogen-bond donors (Lipinski definition) is 1. The van der Waals surface area contributed by atoms with E-state index in [2.05, 4.69) is 4.98 Å². The number of nitrogens with one attached hydrogen (secondary N) is 1. The summed E-state index contributed by atoms with van der Waals surface area (Å²) >= 11 is 5.76. The summed E-state index contributed by atoms with van der Waals surface area (Å²) in [7, 11) is 0. The molecule has 0 aliphatic heterocycles. The Bertz CT molecular complexity index is 498. The highest BCUT2D eigenvalue weighted by atomic mass is 35.5. The fourth-order valence-electron chi connectivity index (χ4n) is 2.29. The van der Waals surface area contributed by atoms with Crippen molar-refractivity contribution in [2.45, 2.75) is 45.1 Å². The number of hydrogen-bond acceptors (Lipinski definition) is 2. The first-order chi connectivity index (χ1) is 7.61. The van der Waals surface area contributed by atoms with Gasteiger partial charge >= 0.3 is 5.69 Å². The van der Waals surface area contributed by atoms with Gasteiger partial charge in [0, 0.05) is 11.6 Å². The molecule has 88 valence electrons. The minimum Gasteiger partial charge on any atom is -0.297 e. The van der Waals surface area contributed by atoms with Crippen molar-refractivity contribution in [1.29, 1.82) is 0 Å². The standard InChI is InChI=1S/C11H15ClN2O2/c1-7-9(12)13-11(16)14(10(7)15)8-5-3-2-4-6-8/h8H,2-6H2,1H3,(H,13,16). The average Bonchev–Trinajstić information content (AvgIpc) is 2.28. The molecule has 0 amide bonds. The zero-order valence-electron chi connectivity index (χ0n) is 9.25. The minimum atomic E-state index is -0.382. The number of nitrogens with zero attached hydrogens (tertiary/aromatic N) is 1. The van der Waals surface area contributed by atoms with Crippen molar-refractivity contribution < 1.29 is 0 Å². The quantitative estimate of drug-likeness (QED) is 0.766. The van der Waals surface area contributed by atoms with Crippen LogP contribution in [0.15, 0.2) is 9.59 Å². The molecule has 1 saturated carbocycles. The molecular formula is C11H15ClN2O2. The summed E-state index contributed by atoms with van der Waals surface area (Å²) in [4.78, 5) is 26.2. The van der Waals surface area contributed by atoms with E-state index in [1.54, 1.807) is 6.92 Å². The van der Waals surface area contributed by atoms with Gasteiger partial charge in [-0.25, -0.2) is 4.79 Å². The monoisotopic (exact) mass is 242 g/mol. The number of H-pyrrole nitrogens is 1. The third-order valence-electron chi connectivity index (χ3n) is 3.24. The van der Waals surface area contributed by atoms with Crippen LogP contribution in [0.3, 0.4) is 0 Å². The molecule has 1 aliphatic rings. The molecule has 0 radical (unpaired) electrons. The van der Waals surface area contributed by atoms with Gasteiger partial charge in [-0.1, -0.05) is 30.9 Å². The van der Waals surface area contributed by atoms with E-state index in [0.717, 1.165) is 25.7 Å². The van der Waals surface area contributed by atoms with Crippen molar-refractivity contribution in [1.82, 2.24) is 9.55 Å². The molecular weight excluding hydrogens is 228 g/mol. The van der Waals surface area contributed by atoms with Gasteiger partial charge in [0.2, 0.25) is 0 Å². The van der Waals surface area contributed by atoms with Crippen LogP contribution < -0.4 is 11.2 Å². The van der Waals surface area contributed by atoms with Gasteiger partial charge < -0.3 is 0 Å². The molecule has 0 saturated heterocycles. The number of rotatable bonds is 1. The molecule has 5 heteroatoms. The maximum absolute atomic E-state index is 12.0. The molecule has 1 aliphatic carbocycles. The molecule has 4 nitrogen and oxygen atoms in total. The molecule has 0 unspecified atom stereocenters. The lowest BCUT2D eigenvalue weighted by Gasteiger charge is -2.23. The molecule has 0 aromatic carbocycles. The molecule has 0 bridgehead atoms. The summed E-state index contributed by atoms with van der Waals surface area (Å²) in [5, 5.41) is 0.155. The summed E-state index contributed by atoms with van der Waals surface area (Å²) < 4.78 is 1.33. The second kappa shape index (κ2) is 4.45. The van der Waals surface area contributed by atoms with Crippen molar-refractivity contribution in [3.05, 3.63) is 31.6 Å². The maximum Gasteiger partial charge on any atom is 0.329 e. The second-order valence-electron chi connectivity index (χ2n) is 4.34. The van der Waals surface area contributed by atoms with Crippen LogP contribution in [0, 0.1) is 6.92 Å². The van der Waals surface area contributed by atoms with Crippen LogP contribution in [0.25, 0.3) is 0 Å². The fourth-order valence-corrected chi connectivity index (χ4v) is 2.45. The lowest BCUT2D eigenvalue weighted by atomic mass is 9.95. The maximum atomic E-state index is 12.0. The zero-order valence-corrected chi connectivity index (χ0v) is 10.0. The lowest BCUT2D eigenvalue weighted by Crippen LogP contribution is -2.40. The third kappa shape index (κ3) is 1.94. The minimum absolute atomic E-state index is 0.0426. The Morgan fingerprint density at radius 3 is 2.50 bits per heavy atom. The SMILES string of the molecule is Cc1c(Cl)[nH]c(=O)n(C2CCCCC2)c1=O. The second-order valence-corrected chi connectivity index (χ2v) is 4.71. The van der Waals surface area contributed by atoms with E-state index in [9.17, 15) is 9.59 Å². The highest BCUT2D eigenvalue weighted by Crippen LogP contribution is 2.25. The zero-order chi connectivity index (χ0) is 11.7. The van der Waals surface area contributed by atoms with Gasteiger partial charge in [0.15, 0.2) is 0 Å². The summed E-state index contributed by atoms with van der Waals surface area (Å²) in [6.45, 7) is 1.64. The van der Waals surface area contributed by atoms with Crippen LogP contribution in [0.4, 0.5) is 0 Å². The van der Waals surface area contributed by atoms with Crippen LogP contribution in [0.1, 0.15) is 43.7 Å². The first-order valence-corrected chi connectivity index (χ1v) is 6.00. The topological polar surface area (TPSA) is 54.9 Å². The van der Waals surface area contributed by atoms with E-state index in [1.807, 2.05) is 0 Å². The molecule has 0 spiro atoms. The Morgan fingerprint density at radius 2 is 1.88 bits per heavy atom. The molecule has 0 atom stereocenters. The Labute approximate surface area is 98.3 Å². The fraction of sp³-hybridized carbons (Fsp3) is 0.636. The van der Waals surface area contributed by atoms with Crippen molar-refractivity contribution in [3.8, 4) is 0 Å². The van der Waals surface area contributed by atoms with Gasteiger partial charge in [-0.05, 0) is 19.8 Å². The average molecular weight is 243 g/mol. The van der Waals surface area contributed by atoms with Crippen LogP contribution in [-0.2, 0) is 0 Å². The Kier molecular flexibility index (Phi) is 3.19. The van der Waals surface area contributed by atoms with Crippen LogP contribution >= 0.6 is 11.6 Å². The molecule has 16 heavy (non-hydrogen) atoms. The molecule has 1 N–H and O–H groups in total. The number of aromatic amines is 1. The van der Waals surface area contributed by atoms with Crippen LogP contribution in [-0.4, -0.2) is 9.55 Å². The van der Waals surface area contributed by atoms with E-state index < -0.39 is 0 Å². The van der Waals surface area contributed by atoms with Gasteiger partial charge in [0.25, 0.3) is 5.56 Å². The van der Waals surface area contributed by atoms with Gasteiger partial charge in [-0.3, -0.25) is 14.3 Å². The first-order valence-electron chi connectivity index (χ1n) is 5.62. The molecule has 1 fully saturated rings. The van der Waals surface area contributed by atoms with Crippen LogP contribution in [0.2, 0.25) is 5.15 Å².